The molecule has 0 bridgehead atoms. The van der Waals surface area contributed by atoms with Crippen molar-refractivity contribution >= 4 is 5.91 Å². The van der Waals surface area contributed by atoms with Gasteiger partial charge in [0.15, 0.2) is 11.5 Å². The van der Waals surface area contributed by atoms with Crippen LogP contribution in [0.25, 0.3) is 0 Å². The fraction of sp³-hybridized carbons (Fsp3) is 0.500. The van der Waals surface area contributed by atoms with Gasteiger partial charge < -0.3 is 14.4 Å². The molecule has 0 aromatic heterocycles. The second-order valence-corrected chi connectivity index (χ2v) is 4.35. The molecule has 1 aliphatic rings. The quantitative estimate of drug-likeness (QED) is 0.825. The van der Waals surface area contributed by atoms with Crippen LogP contribution in [0.2, 0.25) is 0 Å². The molecule has 0 radical (unpaired) electrons. The van der Waals surface area contributed by atoms with Gasteiger partial charge in [0.05, 0.1) is 5.56 Å². The Morgan fingerprint density at radius 2 is 2.11 bits per heavy atom. The topological polar surface area (TPSA) is 38.8 Å². The highest BCUT2D eigenvalue weighted by molar-refractivity contribution is 5.97. The SMILES string of the molecule is CCN(CC)C(=O)c1cccc2c1OC(C)CO2. The molecule has 0 fully saturated rings. The van der Waals surface area contributed by atoms with Gasteiger partial charge in [-0.15, -0.1) is 0 Å². The standard InChI is InChI=1S/C14H19NO3/c1-4-15(5-2)14(16)11-7-6-8-12-13(11)18-10(3)9-17-12/h6-8,10H,4-5,9H2,1-3H3. The molecule has 1 aromatic rings. The number of benzene rings is 1. The van der Waals surface area contributed by atoms with E-state index < -0.39 is 0 Å². The lowest BCUT2D eigenvalue weighted by Gasteiger charge is -2.27. The first kappa shape index (κ1) is 12.7. The molecule has 0 aliphatic carbocycles. The Labute approximate surface area is 107 Å². The lowest BCUT2D eigenvalue weighted by atomic mass is 10.1. The van der Waals surface area contributed by atoms with E-state index in [1.54, 1.807) is 11.0 Å². The van der Waals surface area contributed by atoms with Crippen LogP contribution < -0.4 is 9.47 Å². The lowest BCUT2D eigenvalue weighted by molar-refractivity contribution is 0.0739. The molecule has 98 valence electrons. The summed E-state index contributed by atoms with van der Waals surface area (Å²) in [6.07, 6.45) is -0.0249. The monoisotopic (exact) mass is 249 g/mol. The number of carbonyl (C=O) groups is 1. The van der Waals surface area contributed by atoms with Crippen molar-refractivity contribution in [2.75, 3.05) is 19.7 Å². The molecule has 1 atom stereocenters. The Morgan fingerprint density at radius 3 is 2.78 bits per heavy atom. The van der Waals surface area contributed by atoms with Gasteiger partial charge in [-0.05, 0) is 32.9 Å². The fourth-order valence-electron chi connectivity index (χ4n) is 2.04. The zero-order valence-corrected chi connectivity index (χ0v) is 11.1. The molecule has 4 nitrogen and oxygen atoms in total. The minimum Gasteiger partial charge on any atom is -0.486 e. The third-order valence-corrected chi connectivity index (χ3v) is 3.05. The first-order chi connectivity index (χ1) is 8.67. The first-order valence-corrected chi connectivity index (χ1v) is 6.39. The summed E-state index contributed by atoms with van der Waals surface area (Å²) in [5.41, 5.74) is 0.586. The van der Waals surface area contributed by atoms with Gasteiger partial charge in [0, 0.05) is 13.1 Å². The summed E-state index contributed by atoms with van der Waals surface area (Å²) >= 11 is 0. The number of para-hydroxylation sites is 1. The number of rotatable bonds is 3. The number of hydrogen-bond donors (Lipinski definition) is 0. The van der Waals surface area contributed by atoms with Gasteiger partial charge in [0.25, 0.3) is 5.91 Å². The van der Waals surface area contributed by atoms with E-state index in [1.165, 1.54) is 0 Å². The van der Waals surface area contributed by atoms with Crippen molar-refractivity contribution in [3.8, 4) is 11.5 Å². The van der Waals surface area contributed by atoms with E-state index in [9.17, 15) is 4.79 Å². The average Bonchev–Trinajstić information content (AvgIpc) is 2.39. The zero-order chi connectivity index (χ0) is 13.1. The van der Waals surface area contributed by atoms with Gasteiger partial charge in [0.2, 0.25) is 0 Å². The van der Waals surface area contributed by atoms with Gasteiger partial charge >= 0.3 is 0 Å². The van der Waals surface area contributed by atoms with Crippen molar-refractivity contribution in [1.29, 1.82) is 0 Å². The predicted octanol–water partition coefficient (Wildman–Crippen LogP) is 2.33. The molecule has 2 rings (SSSR count). The third-order valence-electron chi connectivity index (χ3n) is 3.05. The van der Waals surface area contributed by atoms with Crippen molar-refractivity contribution in [1.82, 2.24) is 4.90 Å². The van der Waals surface area contributed by atoms with E-state index >= 15 is 0 Å². The van der Waals surface area contributed by atoms with E-state index in [4.69, 9.17) is 9.47 Å². The van der Waals surface area contributed by atoms with Crippen LogP contribution in [0.1, 0.15) is 31.1 Å². The van der Waals surface area contributed by atoms with Gasteiger partial charge in [-0.2, -0.15) is 0 Å². The highest BCUT2D eigenvalue weighted by atomic mass is 16.6. The van der Waals surface area contributed by atoms with Crippen molar-refractivity contribution in [2.45, 2.75) is 26.9 Å². The maximum Gasteiger partial charge on any atom is 0.257 e. The molecule has 18 heavy (non-hydrogen) atoms. The first-order valence-electron chi connectivity index (χ1n) is 6.39. The Kier molecular flexibility index (Phi) is 3.75. The fourth-order valence-corrected chi connectivity index (χ4v) is 2.04. The molecule has 0 saturated carbocycles. The van der Waals surface area contributed by atoms with Crippen LogP contribution in [-0.4, -0.2) is 36.6 Å². The summed E-state index contributed by atoms with van der Waals surface area (Å²) in [5.74, 6) is 1.23. The van der Waals surface area contributed by atoms with Crippen molar-refractivity contribution in [2.24, 2.45) is 0 Å². The van der Waals surface area contributed by atoms with Gasteiger partial charge in [-0.3, -0.25) is 4.79 Å². The molecule has 1 amide bonds. The summed E-state index contributed by atoms with van der Waals surface area (Å²) in [6.45, 7) is 7.77. The Hall–Kier alpha value is -1.71. The Balaban J connectivity index is 2.36. The minimum absolute atomic E-state index is 0.00505. The molecule has 0 saturated heterocycles. The van der Waals surface area contributed by atoms with Crippen LogP contribution in [0.3, 0.4) is 0 Å². The summed E-state index contributed by atoms with van der Waals surface area (Å²) in [5, 5.41) is 0. The highest BCUT2D eigenvalue weighted by Crippen LogP contribution is 2.35. The lowest BCUT2D eigenvalue weighted by Crippen LogP contribution is -2.33. The number of amides is 1. The maximum absolute atomic E-state index is 12.4. The van der Waals surface area contributed by atoms with Gasteiger partial charge in [0.1, 0.15) is 12.7 Å². The van der Waals surface area contributed by atoms with E-state index in [-0.39, 0.29) is 12.0 Å². The van der Waals surface area contributed by atoms with E-state index in [2.05, 4.69) is 0 Å². The molecule has 1 heterocycles. The molecule has 4 heteroatoms. The number of fused-ring (bicyclic) bond motifs is 1. The second kappa shape index (κ2) is 5.29. The largest absolute Gasteiger partial charge is 0.486 e. The maximum atomic E-state index is 12.4. The number of ether oxygens (including phenoxy) is 2. The number of nitrogens with zero attached hydrogens (tertiary/aromatic N) is 1. The van der Waals surface area contributed by atoms with Gasteiger partial charge in [-0.1, -0.05) is 6.07 Å². The molecule has 0 N–H and O–H groups in total. The normalized spacial score (nSPS) is 17.4. The molecular weight excluding hydrogens is 230 g/mol. The summed E-state index contributed by atoms with van der Waals surface area (Å²) in [7, 11) is 0. The highest BCUT2D eigenvalue weighted by Gasteiger charge is 2.25. The van der Waals surface area contributed by atoms with Crippen LogP contribution in [0, 0.1) is 0 Å². The van der Waals surface area contributed by atoms with Crippen LogP contribution in [-0.2, 0) is 0 Å². The van der Waals surface area contributed by atoms with Crippen LogP contribution in [0.4, 0.5) is 0 Å². The number of carbonyl (C=O) groups excluding carboxylic acids is 1. The molecule has 1 aliphatic heterocycles. The van der Waals surface area contributed by atoms with Crippen molar-refractivity contribution in [3.63, 3.8) is 0 Å². The van der Waals surface area contributed by atoms with Crippen LogP contribution >= 0.6 is 0 Å². The number of hydrogen-bond acceptors (Lipinski definition) is 3. The zero-order valence-electron chi connectivity index (χ0n) is 11.1. The van der Waals surface area contributed by atoms with Crippen molar-refractivity contribution < 1.29 is 14.3 Å². The van der Waals surface area contributed by atoms with Crippen LogP contribution in [0.15, 0.2) is 18.2 Å². The Bertz CT molecular complexity index is 441. The second-order valence-electron chi connectivity index (χ2n) is 4.35. The molecule has 0 spiro atoms. The smallest absolute Gasteiger partial charge is 0.257 e. The van der Waals surface area contributed by atoms with E-state index in [1.807, 2.05) is 32.9 Å². The van der Waals surface area contributed by atoms with E-state index in [0.717, 1.165) is 0 Å². The predicted molar refractivity (Wildman–Crippen MR) is 69.3 cm³/mol. The van der Waals surface area contributed by atoms with Gasteiger partial charge in [-0.25, -0.2) is 0 Å². The summed E-state index contributed by atoms with van der Waals surface area (Å²) in [6, 6.07) is 5.45. The summed E-state index contributed by atoms with van der Waals surface area (Å²) in [4.78, 5) is 14.2. The third kappa shape index (κ3) is 2.28. The molecule has 1 unspecified atom stereocenters. The van der Waals surface area contributed by atoms with Crippen LogP contribution in [0.5, 0.6) is 11.5 Å². The van der Waals surface area contributed by atoms with Crippen molar-refractivity contribution in [3.05, 3.63) is 23.8 Å². The Morgan fingerprint density at radius 1 is 1.39 bits per heavy atom. The molecule has 1 aromatic carbocycles. The summed E-state index contributed by atoms with van der Waals surface area (Å²) < 4.78 is 11.3. The molecular formula is C14H19NO3. The minimum atomic E-state index is -0.0249. The van der Waals surface area contributed by atoms with E-state index in [0.29, 0.717) is 36.8 Å². The average molecular weight is 249 g/mol.